The van der Waals surface area contributed by atoms with E-state index in [0.717, 1.165) is 44.5 Å². The predicted molar refractivity (Wildman–Crippen MR) is 97.1 cm³/mol. The molecule has 0 spiro atoms. The van der Waals surface area contributed by atoms with E-state index in [1.165, 1.54) is 17.5 Å². The van der Waals surface area contributed by atoms with Crippen molar-refractivity contribution in [3.05, 3.63) is 42.2 Å². The molecule has 0 aliphatic carbocycles. The van der Waals surface area contributed by atoms with Crippen LogP contribution < -0.4 is 5.73 Å². The summed E-state index contributed by atoms with van der Waals surface area (Å²) in [6.45, 7) is 5.40. The molecule has 0 radical (unpaired) electrons. The highest BCUT2D eigenvalue weighted by Crippen LogP contribution is 2.26. The molecule has 1 atom stereocenters. The van der Waals surface area contributed by atoms with Crippen molar-refractivity contribution in [1.29, 1.82) is 0 Å². The van der Waals surface area contributed by atoms with Gasteiger partial charge in [0.15, 0.2) is 11.5 Å². The molecule has 1 fully saturated rings. The number of aryl methyl sites for hydroxylation is 2. The lowest BCUT2D eigenvalue weighted by molar-refractivity contribution is 0.320. The lowest BCUT2D eigenvalue weighted by Crippen LogP contribution is -2.23. The number of hydrogen-bond acceptors (Lipinski definition) is 6. The van der Waals surface area contributed by atoms with Crippen LogP contribution in [0.3, 0.4) is 0 Å². The van der Waals surface area contributed by atoms with Gasteiger partial charge in [-0.25, -0.2) is 15.0 Å². The lowest BCUT2D eigenvalue weighted by atomic mass is 10.1. The standard InChI is InChI=1S/C18H23N7/c1-13-4-6-20-9-14(13)3-2-7-24-8-5-15(10-24)25-12-23-16-17(19)21-11-22-18(16)25/h4,6,9,11-12,15H,2-3,5,7-8,10H2,1H3,(H2,19,21,22). The molecule has 7 heteroatoms. The maximum Gasteiger partial charge on any atom is 0.165 e. The third-order valence-corrected chi connectivity index (χ3v) is 5.10. The summed E-state index contributed by atoms with van der Waals surface area (Å²) < 4.78 is 2.15. The van der Waals surface area contributed by atoms with Crippen LogP contribution in [-0.2, 0) is 6.42 Å². The molecule has 1 aliphatic heterocycles. The summed E-state index contributed by atoms with van der Waals surface area (Å²) in [7, 11) is 0. The highest BCUT2D eigenvalue weighted by molar-refractivity contribution is 5.81. The number of nitrogens with zero attached hydrogens (tertiary/aromatic N) is 6. The van der Waals surface area contributed by atoms with E-state index < -0.39 is 0 Å². The summed E-state index contributed by atoms with van der Waals surface area (Å²) >= 11 is 0. The van der Waals surface area contributed by atoms with Crippen LogP contribution >= 0.6 is 0 Å². The van der Waals surface area contributed by atoms with Crippen molar-refractivity contribution in [2.75, 3.05) is 25.4 Å². The van der Waals surface area contributed by atoms with Gasteiger partial charge in [-0.15, -0.1) is 0 Å². The smallest absolute Gasteiger partial charge is 0.165 e. The quantitative estimate of drug-likeness (QED) is 0.766. The highest BCUT2D eigenvalue weighted by atomic mass is 15.2. The number of pyridine rings is 1. The first kappa shape index (κ1) is 16.0. The van der Waals surface area contributed by atoms with Crippen molar-refractivity contribution in [3.63, 3.8) is 0 Å². The molecule has 2 N–H and O–H groups in total. The molecule has 3 aromatic rings. The highest BCUT2D eigenvalue weighted by Gasteiger charge is 2.25. The van der Waals surface area contributed by atoms with E-state index in [2.05, 4.69) is 42.4 Å². The zero-order valence-corrected chi connectivity index (χ0v) is 14.5. The third-order valence-electron chi connectivity index (χ3n) is 5.10. The van der Waals surface area contributed by atoms with Crippen LogP contribution in [0.5, 0.6) is 0 Å². The zero-order chi connectivity index (χ0) is 17.2. The Hall–Kier alpha value is -2.54. The Balaban J connectivity index is 1.36. The molecule has 1 unspecified atom stereocenters. The van der Waals surface area contributed by atoms with Crippen LogP contribution in [-0.4, -0.2) is 49.0 Å². The summed E-state index contributed by atoms with van der Waals surface area (Å²) in [6, 6.07) is 2.48. The van der Waals surface area contributed by atoms with E-state index >= 15 is 0 Å². The van der Waals surface area contributed by atoms with E-state index in [4.69, 9.17) is 5.73 Å². The minimum Gasteiger partial charge on any atom is -0.382 e. The largest absolute Gasteiger partial charge is 0.382 e. The van der Waals surface area contributed by atoms with Gasteiger partial charge in [0.05, 0.1) is 12.4 Å². The number of rotatable bonds is 5. The number of likely N-dealkylation sites (tertiary alicyclic amines) is 1. The molecule has 7 nitrogen and oxygen atoms in total. The second-order valence-corrected chi connectivity index (χ2v) is 6.73. The van der Waals surface area contributed by atoms with Crippen molar-refractivity contribution < 1.29 is 0 Å². The number of nitrogen functional groups attached to an aromatic ring is 1. The summed E-state index contributed by atoms with van der Waals surface area (Å²) in [5.74, 6) is 0.449. The molecule has 1 aliphatic rings. The normalized spacial score (nSPS) is 18.2. The van der Waals surface area contributed by atoms with Gasteiger partial charge in [0, 0.05) is 25.5 Å². The Bertz CT molecular complexity index is 873. The van der Waals surface area contributed by atoms with Crippen LogP contribution in [0.25, 0.3) is 11.2 Å². The third kappa shape index (κ3) is 3.19. The molecule has 0 aromatic carbocycles. The van der Waals surface area contributed by atoms with Crippen LogP contribution in [0.4, 0.5) is 5.82 Å². The van der Waals surface area contributed by atoms with E-state index in [1.807, 2.05) is 18.7 Å². The number of fused-ring (bicyclic) bond motifs is 1. The average Bonchev–Trinajstić information content (AvgIpc) is 3.24. The van der Waals surface area contributed by atoms with E-state index in [0.29, 0.717) is 17.4 Å². The molecule has 4 heterocycles. The zero-order valence-electron chi connectivity index (χ0n) is 14.5. The molecule has 25 heavy (non-hydrogen) atoms. The number of nitrogens with two attached hydrogens (primary N) is 1. The Kier molecular flexibility index (Phi) is 4.31. The topological polar surface area (TPSA) is 85.8 Å². The van der Waals surface area contributed by atoms with Gasteiger partial charge in [-0.2, -0.15) is 0 Å². The van der Waals surface area contributed by atoms with Crippen molar-refractivity contribution in [2.45, 2.75) is 32.2 Å². The van der Waals surface area contributed by atoms with Crippen LogP contribution in [0, 0.1) is 6.92 Å². The molecule has 0 bridgehead atoms. The van der Waals surface area contributed by atoms with Gasteiger partial charge in [-0.1, -0.05) is 0 Å². The first-order valence-corrected chi connectivity index (χ1v) is 8.77. The average molecular weight is 337 g/mol. The predicted octanol–water partition coefficient (Wildman–Crippen LogP) is 1.99. The van der Waals surface area contributed by atoms with Gasteiger partial charge in [0.1, 0.15) is 11.8 Å². The summed E-state index contributed by atoms with van der Waals surface area (Å²) in [5, 5.41) is 0. The minimum absolute atomic E-state index is 0.402. The van der Waals surface area contributed by atoms with Gasteiger partial charge in [0.25, 0.3) is 0 Å². The van der Waals surface area contributed by atoms with Crippen molar-refractivity contribution in [1.82, 2.24) is 29.4 Å². The van der Waals surface area contributed by atoms with E-state index in [-0.39, 0.29) is 0 Å². The maximum atomic E-state index is 5.89. The van der Waals surface area contributed by atoms with E-state index in [1.54, 1.807) is 0 Å². The molecular weight excluding hydrogens is 314 g/mol. The fourth-order valence-electron chi connectivity index (χ4n) is 3.63. The number of aromatic nitrogens is 5. The van der Waals surface area contributed by atoms with Crippen LogP contribution in [0.1, 0.15) is 30.0 Å². The molecule has 0 amide bonds. The lowest BCUT2D eigenvalue weighted by Gasteiger charge is -2.17. The number of hydrogen-bond donors (Lipinski definition) is 1. The Morgan fingerprint density at radius 2 is 2.20 bits per heavy atom. The van der Waals surface area contributed by atoms with Gasteiger partial charge >= 0.3 is 0 Å². The van der Waals surface area contributed by atoms with Crippen molar-refractivity contribution >= 4 is 17.0 Å². The Labute approximate surface area is 146 Å². The fourth-order valence-corrected chi connectivity index (χ4v) is 3.63. The number of imidazole rings is 1. The van der Waals surface area contributed by atoms with Crippen LogP contribution in [0.15, 0.2) is 31.1 Å². The van der Waals surface area contributed by atoms with Crippen molar-refractivity contribution in [3.8, 4) is 0 Å². The summed E-state index contributed by atoms with van der Waals surface area (Å²) in [4.78, 5) is 19.5. The molecule has 130 valence electrons. The molecule has 4 rings (SSSR count). The Morgan fingerprint density at radius 1 is 1.28 bits per heavy atom. The van der Waals surface area contributed by atoms with Crippen molar-refractivity contribution in [2.24, 2.45) is 0 Å². The first-order chi connectivity index (χ1) is 12.2. The second-order valence-electron chi connectivity index (χ2n) is 6.73. The SMILES string of the molecule is Cc1ccncc1CCCN1CCC(n2cnc3c(N)ncnc32)C1. The van der Waals surface area contributed by atoms with Gasteiger partial charge in [0.2, 0.25) is 0 Å². The van der Waals surface area contributed by atoms with Gasteiger partial charge in [-0.05, 0) is 49.9 Å². The van der Waals surface area contributed by atoms with Crippen LogP contribution in [0.2, 0.25) is 0 Å². The minimum atomic E-state index is 0.402. The molecule has 0 saturated carbocycles. The van der Waals surface area contributed by atoms with Gasteiger partial charge in [-0.3, -0.25) is 4.98 Å². The maximum absolute atomic E-state index is 5.89. The van der Waals surface area contributed by atoms with E-state index in [9.17, 15) is 0 Å². The first-order valence-electron chi connectivity index (χ1n) is 8.77. The summed E-state index contributed by atoms with van der Waals surface area (Å²) in [6.07, 6.45) is 10.6. The molecular formula is C18H23N7. The Morgan fingerprint density at radius 3 is 3.08 bits per heavy atom. The molecule has 1 saturated heterocycles. The monoisotopic (exact) mass is 337 g/mol. The molecule has 3 aromatic heterocycles. The number of anilines is 1. The van der Waals surface area contributed by atoms with Gasteiger partial charge < -0.3 is 15.2 Å². The summed E-state index contributed by atoms with van der Waals surface area (Å²) in [5.41, 5.74) is 10.1. The fraction of sp³-hybridized carbons (Fsp3) is 0.444. The second kappa shape index (κ2) is 6.76.